The summed E-state index contributed by atoms with van der Waals surface area (Å²) in [6.45, 7) is 5.72. The molecular weight excluding hydrogens is 124 g/mol. The molecule has 0 heterocycles. The fraction of sp³-hybridized carbons (Fsp3) is 0.333. The molecule has 0 radical (unpaired) electrons. The van der Waals surface area contributed by atoms with E-state index in [0.717, 1.165) is 5.57 Å². The smallest absolute Gasteiger partial charge is 0.0471 e. The zero-order valence-corrected chi connectivity index (χ0v) is 6.38. The molecule has 1 heteroatoms. The van der Waals surface area contributed by atoms with Gasteiger partial charge >= 0.3 is 0 Å². The highest BCUT2D eigenvalue weighted by Crippen LogP contribution is 2.01. The number of aliphatic hydroxyl groups excluding tert-OH is 1. The molecule has 56 valence electrons. The Balaban J connectivity index is 3.96. The molecule has 1 N–H and O–H groups in total. The van der Waals surface area contributed by atoms with E-state index in [4.69, 9.17) is 5.11 Å². The van der Waals surface area contributed by atoms with Crippen molar-refractivity contribution in [1.29, 1.82) is 0 Å². The molecule has 0 unspecified atom stereocenters. The van der Waals surface area contributed by atoms with Gasteiger partial charge in [0.25, 0.3) is 0 Å². The zero-order valence-electron chi connectivity index (χ0n) is 6.38. The van der Waals surface area contributed by atoms with Crippen LogP contribution in [0.15, 0.2) is 36.5 Å². The van der Waals surface area contributed by atoms with Crippen LogP contribution in [0, 0.1) is 0 Å². The standard InChI is InChI=1S/C9H14O/c1-3-5-9(6-4-2)7-8-10/h3-6,10H,1,7-8H2,2H3/b6-4-,9-5+. The molecule has 10 heavy (non-hydrogen) atoms. The third-order valence-electron chi connectivity index (χ3n) is 1.11. The summed E-state index contributed by atoms with van der Waals surface area (Å²) in [4.78, 5) is 0. The Morgan fingerprint density at radius 1 is 1.60 bits per heavy atom. The van der Waals surface area contributed by atoms with E-state index >= 15 is 0 Å². The topological polar surface area (TPSA) is 20.2 Å². The molecule has 0 aromatic rings. The van der Waals surface area contributed by atoms with Gasteiger partial charge in [0, 0.05) is 6.61 Å². The number of rotatable bonds is 4. The van der Waals surface area contributed by atoms with Crippen molar-refractivity contribution in [2.75, 3.05) is 6.61 Å². The first kappa shape index (κ1) is 9.18. The van der Waals surface area contributed by atoms with Crippen molar-refractivity contribution < 1.29 is 5.11 Å². The van der Waals surface area contributed by atoms with Crippen molar-refractivity contribution in [3.8, 4) is 0 Å². The fourth-order valence-electron chi connectivity index (χ4n) is 0.717. The molecule has 0 aliphatic rings. The molecule has 0 saturated carbocycles. The Kier molecular flexibility index (Phi) is 5.79. The molecule has 0 spiro atoms. The maximum Gasteiger partial charge on any atom is 0.0471 e. The van der Waals surface area contributed by atoms with Crippen molar-refractivity contribution in [2.45, 2.75) is 13.3 Å². The molecule has 0 saturated heterocycles. The van der Waals surface area contributed by atoms with Crippen LogP contribution < -0.4 is 0 Å². The van der Waals surface area contributed by atoms with Gasteiger partial charge in [-0.15, -0.1) is 0 Å². The minimum absolute atomic E-state index is 0.198. The Morgan fingerprint density at radius 2 is 2.30 bits per heavy atom. The van der Waals surface area contributed by atoms with Gasteiger partial charge in [-0.25, -0.2) is 0 Å². The Labute approximate surface area is 62.4 Å². The Morgan fingerprint density at radius 3 is 2.70 bits per heavy atom. The lowest BCUT2D eigenvalue weighted by atomic mass is 10.1. The Hall–Kier alpha value is -0.820. The van der Waals surface area contributed by atoms with Crippen LogP contribution in [0.3, 0.4) is 0 Å². The van der Waals surface area contributed by atoms with Gasteiger partial charge in [-0.3, -0.25) is 0 Å². The molecule has 0 aliphatic carbocycles. The summed E-state index contributed by atoms with van der Waals surface area (Å²) in [5, 5.41) is 8.58. The maximum atomic E-state index is 8.58. The highest BCUT2D eigenvalue weighted by molar-refractivity contribution is 5.22. The summed E-state index contributed by atoms with van der Waals surface area (Å²) in [6, 6.07) is 0. The van der Waals surface area contributed by atoms with Gasteiger partial charge in [-0.05, 0) is 18.9 Å². The van der Waals surface area contributed by atoms with E-state index in [9.17, 15) is 0 Å². The molecule has 0 atom stereocenters. The summed E-state index contributed by atoms with van der Waals surface area (Å²) in [5.41, 5.74) is 1.11. The predicted octanol–water partition coefficient (Wildman–Crippen LogP) is 2.06. The third-order valence-corrected chi connectivity index (χ3v) is 1.11. The fourth-order valence-corrected chi connectivity index (χ4v) is 0.717. The quantitative estimate of drug-likeness (QED) is 0.589. The number of hydrogen-bond acceptors (Lipinski definition) is 1. The van der Waals surface area contributed by atoms with Gasteiger partial charge in [0.1, 0.15) is 0 Å². The molecular formula is C9H14O. The van der Waals surface area contributed by atoms with E-state index < -0.39 is 0 Å². The minimum atomic E-state index is 0.198. The second-order valence-electron chi connectivity index (χ2n) is 1.95. The number of aliphatic hydroxyl groups is 1. The molecule has 0 bridgehead atoms. The molecule has 0 aromatic heterocycles. The summed E-state index contributed by atoms with van der Waals surface area (Å²) < 4.78 is 0. The second-order valence-corrected chi connectivity index (χ2v) is 1.95. The van der Waals surface area contributed by atoms with Crippen molar-refractivity contribution in [3.63, 3.8) is 0 Å². The van der Waals surface area contributed by atoms with Crippen LogP contribution in [0.2, 0.25) is 0 Å². The average molecular weight is 138 g/mol. The van der Waals surface area contributed by atoms with Gasteiger partial charge in [0.15, 0.2) is 0 Å². The maximum absolute atomic E-state index is 8.58. The van der Waals surface area contributed by atoms with Crippen LogP contribution >= 0.6 is 0 Å². The van der Waals surface area contributed by atoms with Crippen molar-refractivity contribution >= 4 is 0 Å². The van der Waals surface area contributed by atoms with Gasteiger partial charge in [-0.1, -0.05) is 30.9 Å². The SMILES string of the molecule is C=C/C=C(\C=C/C)CCO. The predicted molar refractivity (Wildman–Crippen MR) is 44.8 cm³/mol. The van der Waals surface area contributed by atoms with Gasteiger partial charge in [0.05, 0.1) is 0 Å². The lowest BCUT2D eigenvalue weighted by Crippen LogP contribution is -1.84. The first-order chi connectivity index (χ1) is 4.85. The summed E-state index contributed by atoms with van der Waals surface area (Å²) >= 11 is 0. The van der Waals surface area contributed by atoms with E-state index in [2.05, 4.69) is 6.58 Å². The van der Waals surface area contributed by atoms with Crippen molar-refractivity contribution in [3.05, 3.63) is 36.5 Å². The molecule has 0 aromatic carbocycles. The molecule has 1 nitrogen and oxygen atoms in total. The second kappa shape index (κ2) is 6.30. The van der Waals surface area contributed by atoms with Crippen LogP contribution in [-0.2, 0) is 0 Å². The number of allylic oxidation sites excluding steroid dienone is 4. The molecule has 0 amide bonds. The Bertz CT molecular complexity index is 143. The van der Waals surface area contributed by atoms with Crippen LogP contribution in [-0.4, -0.2) is 11.7 Å². The number of hydrogen-bond donors (Lipinski definition) is 1. The van der Waals surface area contributed by atoms with E-state index in [1.807, 2.05) is 25.2 Å². The van der Waals surface area contributed by atoms with Crippen molar-refractivity contribution in [2.24, 2.45) is 0 Å². The van der Waals surface area contributed by atoms with Crippen LogP contribution in [0.4, 0.5) is 0 Å². The van der Waals surface area contributed by atoms with Gasteiger partial charge in [0.2, 0.25) is 0 Å². The first-order valence-electron chi connectivity index (χ1n) is 3.40. The van der Waals surface area contributed by atoms with E-state index in [-0.39, 0.29) is 6.61 Å². The largest absolute Gasteiger partial charge is 0.396 e. The van der Waals surface area contributed by atoms with Crippen LogP contribution in [0.25, 0.3) is 0 Å². The summed E-state index contributed by atoms with van der Waals surface area (Å²) in [6.07, 6.45) is 8.25. The van der Waals surface area contributed by atoms with Crippen molar-refractivity contribution in [1.82, 2.24) is 0 Å². The van der Waals surface area contributed by atoms with E-state index in [1.165, 1.54) is 0 Å². The third kappa shape index (κ3) is 4.10. The van der Waals surface area contributed by atoms with Gasteiger partial charge < -0.3 is 5.11 Å². The lowest BCUT2D eigenvalue weighted by molar-refractivity contribution is 0.300. The normalized spacial score (nSPS) is 12.4. The monoisotopic (exact) mass is 138 g/mol. The lowest BCUT2D eigenvalue weighted by Gasteiger charge is -1.94. The molecule has 0 fully saturated rings. The first-order valence-corrected chi connectivity index (χ1v) is 3.40. The minimum Gasteiger partial charge on any atom is -0.396 e. The summed E-state index contributed by atoms with van der Waals surface area (Å²) in [5.74, 6) is 0. The molecule has 0 rings (SSSR count). The van der Waals surface area contributed by atoms with Crippen LogP contribution in [0.1, 0.15) is 13.3 Å². The highest BCUT2D eigenvalue weighted by atomic mass is 16.2. The zero-order chi connectivity index (χ0) is 7.82. The van der Waals surface area contributed by atoms with Gasteiger partial charge in [-0.2, -0.15) is 0 Å². The highest BCUT2D eigenvalue weighted by Gasteiger charge is 1.86. The van der Waals surface area contributed by atoms with E-state index in [0.29, 0.717) is 6.42 Å². The molecule has 0 aliphatic heterocycles. The summed E-state index contributed by atoms with van der Waals surface area (Å²) in [7, 11) is 0. The van der Waals surface area contributed by atoms with E-state index in [1.54, 1.807) is 6.08 Å². The average Bonchev–Trinajstić information content (AvgIpc) is 1.90. The van der Waals surface area contributed by atoms with Crippen LogP contribution in [0.5, 0.6) is 0 Å².